The van der Waals surface area contributed by atoms with Crippen molar-refractivity contribution in [2.75, 3.05) is 12.0 Å². The molecule has 0 radical (unpaired) electrons. The fourth-order valence-electron chi connectivity index (χ4n) is 3.54. The first-order valence-electron chi connectivity index (χ1n) is 8.48. The summed E-state index contributed by atoms with van der Waals surface area (Å²) in [5, 5.41) is 11.7. The monoisotopic (exact) mass is 345 g/mol. The Morgan fingerprint density at radius 3 is 2.27 bits per heavy atom. The van der Waals surface area contributed by atoms with Gasteiger partial charge >= 0.3 is 0 Å². The van der Waals surface area contributed by atoms with E-state index in [0.717, 1.165) is 5.56 Å². The Labute approximate surface area is 152 Å². The minimum atomic E-state index is -1.44. The molecule has 0 spiro atoms. The van der Waals surface area contributed by atoms with Crippen molar-refractivity contribution in [2.24, 2.45) is 0 Å². The van der Waals surface area contributed by atoms with Crippen LogP contribution in [0, 0.1) is 0 Å². The van der Waals surface area contributed by atoms with Gasteiger partial charge in [-0.2, -0.15) is 0 Å². The fourth-order valence-corrected chi connectivity index (χ4v) is 3.54. The molecule has 1 N–H and O–H groups in total. The Bertz CT molecular complexity index is 937. The van der Waals surface area contributed by atoms with E-state index in [1.807, 2.05) is 48.5 Å². The Morgan fingerprint density at radius 1 is 0.923 bits per heavy atom. The van der Waals surface area contributed by atoms with Gasteiger partial charge in [-0.05, 0) is 35.9 Å². The normalized spacial score (nSPS) is 18.7. The molecule has 0 aliphatic carbocycles. The van der Waals surface area contributed by atoms with Gasteiger partial charge in [0, 0.05) is 23.2 Å². The van der Waals surface area contributed by atoms with Crippen molar-refractivity contribution in [3.05, 3.63) is 95.6 Å². The van der Waals surface area contributed by atoms with Crippen LogP contribution in [0.1, 0.15) is 21.5 Å². The van der Waals surface area contributed by atoms with E-state index < -0.39 is 5.72 Å². The molecule has 0 saturated heterocycles. The SMILES string of the molecule is COc1ccc(N2C(=O)c3ccccc3C2(O)Cc2ccccc2)cc1. The second-order valence-electron chi connectivity index (χ2n) is 6.36. The van der Waals surface area contributed by atoms with Crippen molar-refractivity contribution in [3.8, 4) is 5.75 Å². The lowest BCUT2D eigenvalue weighted by molar-refractivity contribution is 0.0395. The molecule has 4 nitrogen and oxygen atoms in total. The van der Waals surface area contributed by atoms with Gasteiger partial charge in [0.2, 0.25) is 0 Å². The maximum Gasteiger partial charge on any atom is 0.261 e. The van der Waals surface area contributed by atoms with Crippen LogP contribution in [-0.2, 0) is 12.1 Å². The summed E-state index contributed by atoms with van der Waals surface area (Å²) in [4.78, 5) is 14.6. The molecule has 1 aliphatic rings. The zero-order valence-electron chi connectivity index (χ0n) is 14.4. The minimum absolute atomic E-state index is 0.204. The number of methoxy groups -OCH3 is 1. The Balaban J connectivity index is 1.84. The summed E-state index contributed by atoms with van der Waals surface area (Å²) in [5.41, 5.74) is 1.30. The van der Waals surface area contributed by atoms with E-state index in [2.05, 4.69) is 0 Å². The number of rotatable bonds is 4. The molecule has 26 heavy (non-hydrogen) atoms. The summed E-state index contributed by atoms with van der Waals surface area (Å²) in [6.07, 6.45) is 0.308. The standard InChI is InChI=1S/C22H19NO3/c1-26-18-13-11-17(12-14-18)23-21(24)19-9-5-6-10-20(19)22(23,25)15-16-7-3-2-4-8-16/h2-14,25H,15H2,1H3. The number of hydrogen-bond donors (Lipinski definition) is 1. The number of nitrogens with zero attached hydrogens (tertiary/aromatic N) is 1. The van der Waals surface area contributed by atoms with Crippen molar-refractivity contribution in [1.29, 1.82) is 0 Å². The highest BCUT2D eigenvalue weighted by molar-refractivity contribution is 6.11. The summed E-state index contributed by atoms with van der Waals surface area (Å²) in [7, 11) is 1.59. The average molecular weight is 345 g/mol. The second kappa shape index (κ2) is 6.32. The first-order chi connectivity index (χ1) is 12.6. The van der Waals surface area contributed by atoms with Gasteiger partial charge in [-0.1, -0.05) is 48.5 Å². The maximum atomic E-state index is 13.1. The molecule has 1 amide bonds. The van der Waals surface area contributed by atoms with Gasteiger partial charge in [0.15, 0.2) is 5.72 Å². The summed E-state index contributed by atoms with van der Waals surface area (Å²) >= 11 is 0. The van der Waals surface area contributed by atoms with E-state index in [1.165, 1.54) is 4.90 Å². The molecule has 1 unspecified atom stereocenters. The van der Waals surface area contributed by atoms with Crippen LogP contribution >= 0.6 is 0 Å². The Morgan fingerprint density at radius 2 is 1.58 bits per heavy atom. The fraction of sp³-hybridized carbons (Fsp3) is 0.136. The van der Waals surface area contributed by atoms with Crippen LogP contribution in [0.3, 0.4) is 0 Å². The highest BCUT2D eigenvalue weighted by Crippen LogP contribution is 2.42. The molecular formula is C22H19NO3. The number of fused-ring (bicyclic) bond motifs is 1. The largest absolute Gasteiger partial charge is 0.497 e. The number of ether oxygens (including phenoxy) is 1. The summed E-state index contributed by atoms with van der Waals surface area (Å²) in [6, 6.07) is 24.1. The molecule has 3 aromatic carbocycles. The molecule has 1 heterocycles. The summed E-state index contributed by atoms with van der Waals surface area (Å²) < 4.78 is 5.20. The Hall–Kier alpha value is -3.11. The molecule has 0 bridgehead atoms. The maximum absolute atomic E-state index is 13.1. The third-order valence-corrected chi connectivity index (χ3v) is 4.79. The predicted molar refractivity (Wildman–Crippen MR) is 100 cm³/mol. The molecule has 1 aliphatic heterocycles. The number of anilines is 1. The predicted octanol–water partition coefficient (Wildman–Crippen LogP) is 3.74. The number of hydrogen-bond acceptors (Lipinski definition) is 3. The molecule has 0 aromatic heterocycles. The number of carbonyl (C=O) groups excluding carboxylic acids is 1. The molecular weight excluding hydrogens is 326 g/mol. The lowest BCUT2D eigenvalue weighted by Crippen LogP contribution is -2.45. The van der Waals surface area contributed by atoms with Crippen LogP contribution in [0.5, 0.6) is 5.75 Å². The van der Waals surface area contributed by atoms with Crippen LogP contribution in [0.25, 0.3) is 0 Å². The zero-order chi connectivity index (χ0) is 18.1. The van der Waals surface area contributed by atoms with Crippen molar-refractivity contribution in [2.45, 2.75) is 12.1 Å². The highest BCUT2D eigenvalue weighted by atomic mass is 16.5. The van der Waals surface area contributed by atoms with Gasteiger partial charge < -0.3 is 9.84 Å². The smallest absolute Gasteiger partial charge is 0.261 e. The zero-order valence-corrected chi connectivity index (χ0v) is 14.4. The van der Waals surface area contributed by atoms with Gasteiger partial charge in [-0.15, -0.1) is 0 Å². The van der Waals surface area contributed by atoms with Crippen molar-refractivity contribution < 1.29 is 14.6 Å². The van der Waals surface area contributed by atoms with E-state index in [1.54, 1.807) is 37.4 Å². The van der Waals surface area contributed by atoms with Gasteiger partial charge in [-0.25, -0.2) is 0 Å². The molecule has 4 rings (SSSR count). The summed E-state index contributed by atoms with van der Waals surface area (Å²) in [6.45, 7) is 0. The van der Waals surface area contributed by atoms with Crippen LogP contribution < -0.4 is 9.64 Å². The van der Waals surface area contributed by atoms with Gasteiger partial charge in [0.25, 0.3) is 5.91 Å². The van der Waals surface area contributed by atoms with Crippen LogP contribution in [0.15, 0.2) is 78.9 Å². The summed E-state index contributed by atoms with van der Waals surface area (Å²) in [5.74, 6) is 0.494. The van der Waals surface area contributed by atoms with Crippen LogP contribution in [0.4, 0.5) is 5.69 Å². The Kier molecular flexibility index (Phi) is 3.98. The number of amides is 1. The van der Waals surface area contributed by atoms with E-state index in [-0.39, 0.29) is 5.91 Å². The van der Waals surface area contributed by atoms with Crippen molar-refractivity contribution in [1.82, 2.24) is 0 Å². The minimum Gasteiger partial charge on any atom is -0.497 e. The highest BCUT2D eigenvalue weighted by Gasteiger charge is 2.49. The molecule has 4 heteroatoms. The van der Waals surface area contributed by atoms with E-state index in [0.29, 0.717) is 29.0 Å². The molecule has 1 atom stereocenters. The van der Waals surface area contributed by atoms with Crippen LogP contribution in [-0.4, -0.2) is 18.1 Å². The molecule has 130 valence electrons. The van der Waals surface area contributed by atoms with Gasteiger partial charge in [0.05, 0.1) is 7.11 Å². The molecule has 0 saturated carbocycles. The van der Waals surface area contributed by atoms with Gasteiger partial charge in [-0.3, -0.25) is 9.69 Å². The van der Waals surface area contributed by atoms with Crippen LogP contribution in [0.2, 0.25) is 0 Å². The van der Waals surface area contributed by atoms with Crippen molar-refractivity contribution >= 4 is 11.6 Å². The quantitative estimate of drug-likeness (QED) is 0.784. The third kappa shape index (κ3) is 2.55. The lowest BCUT2D eigenvalue weighted by atomic mass is 9.94. The average Bonchev–Trinajstić information content (AvgIpc) is 2.90. The van der Waals surface area contributed by atoms with Gasteiger partial charge in [0.1, 0.15) is 5.75 Å². The number of carbonyl (C=O) groups is 1. The molecule has 0 fully saturated rings. The van der Waals surface area contributed by atoms with E-state index >= 15 is 0 Å². The number of aliphatic hydroxyl groups is 1. The topological polar surface area (TPSA) is 49.8 Å². The van der Waals surface area contributed by atoms with E-state index in [9.17, 15) is 9.90 Å². The molecule has 3 aromatic rings. The lowest BCUT2D eigenvalue weighted by Gasteiger charge is -2.34. The van der Waals surface area contributed by atoms with Crippen molar-refractivity contribution in [3.63, 3.8) is 0 Å². The second-order valence-corrected chi connectivity index (χ2v) is 6.36. The van der Waals surface area contributed by atoms with E-state index in [4.69, 9.17) is 4.74 Å². The third-order valence-electron chi connectivity index (χ3n) is 4.79. The first kappa shape index (κ1) is 16.4. The number of benzene rings is 3. The first-order valence-corrected chi connectivity index (χ1v) is 8.48.